The van der Waals surface area contributed by atoms with E-state index in [-0.39, 0.29) is 28.4 Å². The largest absolute Gasteiger partial charge is 0.299 e. The summed E-state index contributed by atoms with van der Waals surface area (Å²) < 4.78 is 24.2. The number of hydrogen-bond donors (Lipinski definition) is 1. The first-order valence-corrected chi connectivity index (χ1v) is 11.4. The molecule has 4 unspecified atom stereocenters. The Morgan fingerprint density at radius 1 is 1.11 bits per heavy atom. The second-order valence-electron chi connectivity index (χ2n) is 8.08. The van der Waals surface area contributed by atoms with Crippen LogP contribution in [-0.2, 0) is 30.8 Å². The lowest BCUT2D eigenvalue weighted by Gasteiger charge is -2.41. The van der Waals surface area contributed by atoms with E-state index in [1.165, 1.54) is 12.1 Å². The second kappa shape index (κ2) is 6.77. The summed E-state index contributed by atoms with van der Waals surface area (Å²) in [6, 6.07) is 4.53. The van der Waals surface area contributed by atoms with E-state index < -0.39 is 27.8 Å². The number of sulfonamides is 1. The van der Waals surface area contributed by atoms with E-state index in [2.05, 4.69) is 0 Å². The van der Waals surface area contributed by atoms with Gasteiger partial charge in [0.15, 0.2) is 0 Å². The van der Waals surface area contributed by atoms with Gasteiger partial charge >= 0.3 is 0 Å². The molecule has 5 rings (SSSR count). The van der Waals surface area contributed by atoms with Gasteiger partial charge in [0, 0.05) is 12.3 Å². The SMILES string of the molecule is CCCCc1c(N2C(=O)C3C4CCC(C(=O)C4)C3C2=O)cccc1S(N)(=O)=O. The molecule has 1 saturated heterocycles. The Hall–Kier alpha value is -2.06. The maximum atomic E-state index is 13.2. The average molecular weight is 404 g/mol. The molecule has 3 aliphatic carbocycles. The molecule has 0 aromatic heterocycles. The fraction of sp³-hybridized carbons (Fsp3) is 0.550. The van der Waals surface area contributed by atoms with Crippen LogP contribution in [0.3, 0.4) is 0 Å². The number of nitrogens with two attached hydrogens (primary N) is 1. The van der Waals surface area contributed by atoms with Crippen molar-refractivity contribution < 1.29 is 22.8 Å². The van der Waals surface area contributed by atoms with Crippen LogP contribution in [0.4, 0.5) is 5.69 Å². The molecule has 7 nitrogen and oxygen atoms in total. The summed E-state index contributed by atoms with van der Waals surface area (Å²) in [4.78, 5) is 39.9. The quantitative estimate of drug-likeness (QED) is 0.751. The summed E-state index contributed by atoms with van der Waals surface area (Å²) in [6.45, 7) is 1.98. The lowest BCUT2D eigenvalue weighted by Crippen LogP contribution is -2.46. The van der Waals surface area contributed by atoms with Crippen LogP contribution in [0.15, 0.2) is 23.1 Å². The molecule has 8 heteroatoms. The van der Waals surface area contributed by atoms with Crippen molar-refractivity contribution >= 4 is 33.3 Å². The molecule has 2 amide bonds. The highest BCUT2D eigenvalue weighted by atomic mass is 32.2. The summed E-state index contributed by atoms with van der Waals surface area (Å²) in [5.74, 6) is -2.17. The van der Waals surface area contributed by atoms with Gasteiger partial charge in [-0.1, -0.05) is 19.4 Å². The number of benzene rings is 1. The monoisotopic (exact) mass is 404 g/mol. The Balaban J connectivity index is 1.82. The third-order valence-electron chi connectivity index (χ3n) is 6.50. The van der Waals surface area contributed by atoms with Crippen molar-refractivity contribution in [3.63, 3.8) is 0 Å². The number of Topliss-reactive ketones (excluding diaryl/α,β-unsaturated/α-hetero) is 1. The minimum absolute atomic E-state index is 0.0482. The Kier molecular flexibility index (Phi) is 4.66. The molecular weight excluding hydrogens is 380 g/mol. The van der Waals surface area contributed by atoms with E-state index >= 15 is 0 Å². The van der Waals surface area contributed by atoms with Crippen molar-refractivity contribution in [2.75, 3.05) is 4.90 Å². The van der Waals surface area contributed by atoms with E-state index in [4.69, 9.17) is 5.14 Å². The molecule has 0 radical (unpaired) electrons. The first-order chi connectivity index (χ1) is 13.3. The van der Waals surface area contributed by atoms with Gasteiger partial charge in [0.1, 0.15) is 5.78 Å². The minimum Gasteiger partial charge on any atom is -0.299 e. The van der Waals surface area contributed by atoms with Crippen LogP contribution < -0.4 is 10.0 Å². The van der Waals surface area contributed by atoms with Crippen molar-refractivity contribution in [2.24, 2.45) is 28.8 Å². The lowest BCUT2D eigenvalue weighted by molar-refractivity contribution is -0.143. The molecule has 4 aliphatic rings. The number of unbranched alkanes of at least 4 members (excludes halogenated alkanes) is 1. The number of anilines is 1. The van der Waals surface area contributed by atoms with E-state index in [9.17, 15) is 22.8 Å². The van der Waals surface area contributed by atoms with Crippen molar-refractivity contribution in [1.29, 1.82) is 0 Å². The van der Waals surface area contributed by atoms with Gasteiger partial charge in [0.25, 0.3) is 0 Å². The van der Waals surface area contributed by atoms with E-state index in [0.717, 1.165) is 17.7 Å². The summed E-state index contributed by atoms with van der Waals surface area (Å²) in [6.07, 6.45) is 3.72. The Labute approximate surface area is 164 Å². The minimum atomic E-state index is -4.00. The van der Waals surface area contributed by atoms with Crippen molar-refractivity contribution in [1.82, 2.24) is 0 Å². The number of hydrogen-bond acceptors (Lipinski definition) is 5. The van der Waals surface area contributed by atoms with Crippen LogP contribution in [-0.4, -0.2) is 26.0 Å². The molecule has 2 N–H and O–H groups in total. The predicted molar refractivity (Wildman–Crippen MR) is 102 cm³/mol. The number of carbonyl (C=O) groups is 3. The summed E-state index contributed by atoms with van der Waals surface area (Å²) in [5.41, 5.74) is 0.710. The first-order valence-electron chi connectivity index (χ1n) is 9.81. The zero-order chi connectivity index (χ0) is 20.2. The Morgan fingerprint density at radius 2 is 1.82 bits per heavy atom. The van der Waals surface area contributed by atoms with Gasteiger partial charge in [-0.05, 0) is 49.3 Å². The van der Waals surface area contributed by atoms with Gasteiger partial charge in [-0.25, -0.2) is 18.5 Å². The van der Waals surface area contributed by atoms with Crippen molar-refractivity contribution in [3.8, 4) is 0 Å². The zero-order valence-corrected chi connectivity index (χ0v) is 16.6. The number of amides is 2. The number of nitrogens with zero attached hydrogens (tertiary/aromatic N) is 1. The number of rotatable bonds is 5. The zero-order valence-electron chi connectivity index (χ0n) is 15.8. The molecule has 3 saturated carbocycles. The van der Waals surface area contributed by atoms with Gasteiger partial charge in [0.2, 0.25) is 21.8 Å². The lowest BCUT2D eigenvalue weighted by atomic mass is 9.59. The van der Waals surface area contributed by atoms with Crippen LogP contribution in [0.25, 0.3) is 0 Å². The summed E-state index contributed by atoms with van der Waals surface area (Å²) >= 11 is 0. The molecule has 4 atom stereocenters. The molecule has 1 aromatic carbocycles. The third-order valence-corrected chi connectivity index (χ3v) is 7.50. The number of ketones is 1. The highest BCUT2D eigenvalue weighted by molar-refractivity contribution is 7.89. The molecule has 150 valence electrons. The summed E-state index contributed by atoms with van der Waals surface area (Å²) in [7, 11) is -4.00. The summed E-state index contributed by atoms with van der Waals surface area (Å²) in [5, 5.41) is 5.39. The molecule has 1 heterocycles. The molecular formula is C20H24N2O5S. The van der Waals surface area contributed by atoms with E-state index in [1.54, 1.807) is 6.07 Å². The van der Waals surface area contributed by atoms with Gasteiger partial charge in [0.05, 0.1) is 22.4 Å². The highest BCUT2D eigenvalue weighted by Gasteiger charge is 2.61. The number of imide groups is 1. The fourth-order valence-corrected chi connectivity index (χ4v) is 6.07. The Morgan fingerprint density at radius 3 is 2.46 bits per heavy atom. The second-order valence-corrected chi connectivity index (χ2v) is 9.61. The van der Waals surface area contributed by atoms with Crippen molar-refractivity contribution in [2.45, 2.75) is 50.3 Å². The molecule has 1 aliphatic heterocycles. The molecule has 4 fully saturated rings. The molecule has 28 heavy (non-hydrogen) atoms. The fourth-order valence-electron chi connectivity index (χ4n) is 5.26. The number of carbonyl (C=O) groups excluding carboxylic acids is 3. The van der Waals surface area contributed by atoms with Gasteiger partial charge in [-0.3, -0.25) is 14.4 Å². The van der Waals surface area contributed by atoms with Crippen LogP contribution in [0, 0.1) is 23.7 Å². The van der Waals surface area contributed by atoms with Crippen LogP contribution in [0.1, 0.15) is 44.6 Å². The molecule has 1 aromatic rings. The standard InChI is InChI=1S/C20H24N2O5S/c1-2-3-5-12-14(6-4-7-16(12)28(21,26)27)22-19(24)17-11-8-9-13(15(23)10-11)18(17)20(22)25/h4,6-7,11,13,17-18H,2-3,5,8-10H2,1H3,(H2,21,26,27). The normalized spacial score (nSPS) is 29.5. The smallest absolute Gasteiger partial charge is 0.238 e. The maximum Gasteiger partial charge on any atom is 0.238 e. The maximum absolute atomic E-state index is 13.2. The first kappa shape index (κ1) is 19.3. The van der Waals surface area contributed by atoms with Gasteiger partial charge in [-0.2, -0.15) is 0 Å². The van der Waals surface area contributed by atoms with E-state index in [1.807, 2.05) is 6.92 Å². The van der Waals surface area contributed by atoms with Crippen LogP contribution >= 0.6 is 0 Å². The highest BCUT2D eigenvalue weighted by Crippen LogP contribution is 2.52. The van der Waals surface area contributed by atoms with Crippen LogP contribution in [0.5, 0.6) is 0 Å². The molecule has 2 bridgehead atoms. The molecule has 0 spiro atoms. The van der Waals surface area contributed by atoms with Crippen LogP contribution in [0.2, 0.25) is 0 Å². The van der Waals surface area contributed by atoms with Gasteiger partial charge < -0.3 is 0 Å². The van der Waals surface area contributed by atoms with Gasteiger partial charge in [-0.15, -0.1) is 0 Å². The average Bonchev–Trinajstić information content (AvgIpc) is 2.92. The topological polar surface area (TPSA) is 115 Å². The third kappa shape index (κ3) is 2.81. The number of fused-ring (bicyclic) bond motifs is 2. The van der Waals surface area contributed by atoms with E-state index in [0.29, 0.717) is 36.9 Å². The predicted octanol–water partition coefficient (Wildman–Crippen LogP) is 1.78. The van der Waals surface area contributed by atoms with Crippen molar-refractivity contribution in [3.05, 3.63) is 23.8 Å². The number of primary sulfonamides is 1. The Bertz CT molecular complexity index is 971.